The summed E-state index contributed by atoms with van der Waals surface area (Å²) in [5.41, 5.74) is 0.882. The van der Waals surface area contributed by atoms with Gasteiger partial charge in [0, 0.05) is 30.6 Å². The Hall–Kier alpha value is -1.58. The van der Waals surface area contributed by atoms with E-state index < -0.39 is 20.9 Å². The molecule has 0 fully saturated rings. The number of nitrogens with one attached hydrogen (secondary N) is 2. The molecule has 3 rings (SSSR count). The number of hydrogen-bond acceptors (Lipinski definition) is 6. The highest BCUT2D eigenvalue weighted by Gasteiger charge is 2.23. The average Bonchev–Trinajstić information content (AvgIpc) is 2.80. The molecule has 0 radical (unpaired) electrons. The van der Waals surface area contributed by atoms with E-state index in [4.69, 9.17) is 0 Å². The molecule has 1 aliphatic heterocycles. The number of anilines is 1. The van der Waals surface area contributed by atoms with Gasteiger partial charge in [-0.1, -0.05) is 11.3 Å². The first-order valence-electron chi connectivity index (χ1n) is 5.89. The minimum atomic E-state index is -4.05. The third-order valence-corrected chi connectivity index (χ3v) is 5.22. The molecule has 106 valence electrons. The predicted octanol–water partition coefficient (Wildman–Crippen LogP) is 1.12. The van der Waals surface area contributed by atoms with E-state index in [1.165, 1.54) is 23.6 Å². The van der Waals surface area contributed by atoms with E-state index in [9.17, 15) is 12.8 Å². The Kier molecular flexibility index (Phi) is 3.40. The molecule has 0 unspecified atom stereocenters. The molecular formula is C11H11FN4O2S2. The summed E-state index contributed by atoms with van der Waals surface area (Å²) in [5, 5.41) is 2.80. The summed E-state index contributed by atoms with van der Waals surface area (Å²) < 4.78 is 39.9. The van der Waals surface area contributed by atoms with Crippen LogP contribution in [0, 0.1) is 5.82 Å². The molecule has 2 aromatic rings. The molecule has 0 spiro atoms. The molecule has 0 saturated heterocycles. The summed E-state index contributed by atoms with van der Waals surface area (Å²) in [7, 11) is -4.05. The van der Waals surface area contributed by atoms with Crippen molar-refractivity contribution in [2.45, 2.75) is 18.0 Å². The minimum absolute atomic E-state index is 0.240. The fourth-order valence-electron chi connectivity index (χ4n) is 1.90. The van der Waals surface area contributed by atoms with Crippen molar-refractivity contribution in [3.05, 3.63) is 34.7 Å². The van der Waals surface area contributed by atoms with Gasteiger partial charge >= 0.3 is 0 Å². The molecule has 2 aromatic heterocycles. The fourth-order valence-corrected chi connectivity index (χ4v) is 4.12. The van der Waals surface area contributed by atoms with Crippen LogP contribution in [0.1, 0.15) is 10.6 Å². The number of fused-ring (bicyclic) bond motifs is 1. The number of thiazole rings is 1. The van der Waals surface area contributed by atoms with Crippen LogP contribution in [0.5, 0.6) is 0 Å². The van der Waals surface area contributed by atoms with E-state index in [1.807, 2.05) is 0 Å². The third-order valence-electron chi connectivity index (χ3n) is 2.80. The van der Waals surface area contributed by atoms with Gasteiger partial charge in [0.05, 0.1) is 5.69 Å². The molecule has 0 bridgehead atoms. The number of nitrogens with zero attached hydrogens (tertiary/aromatic N) is 2. The maximum absolute atomic E-state index is 13.5. The van der Waals surface area contributed by atoms with Gasteiger partial charge in [-0.3, -0.25) is 4.72 Å². The Bertz CT molecular complexity index is 721. The molecule has 3 heterocycles. The van der Waals surface area contributed by atoms with Gasteiger partial charge in [-0.2, -0.15) is 8.42 Å². The topological polar surface area (TPSA) is 84.0 Å². The van der Waals surface area contributed by atoms with Crippen molar-refractivity contribution < 1.29 is 12.8 Å². The van der Waals surface area contributed by atoms with Gasteiger partial charge in [-0.15, -0.1) is 0 Å². The monoisotopic (exact) mass is 314 g/mol. The summed E-state index contributed by atoms with van der Waals surface area (Å²) in [5.74, 6) is -0.886. The molecule has 0 amide bonds. The van der Waals surface area contributed by atoms with E-state index in [0.29, 0.717) is 6.54 Å². The van der Waals surface area contributed by atoms with Crippen molar-refractivity contribution in [3.63, 3.8) is 0 Å². The fraction of sp³-hybridized carbons (Fsp3) is 0.273. The summed E-state index contributed by atoms with van der Waals surface area (Å²) in [6.07, 6.45) is 1.99. The Balaban J connectivity index is 1.90. The van der Waals surface area contributed by atoms with Gasteiger partial charge in [-0.05, 0) is 12.1 Å². The van der Waals surface area contributed by atoms with Gasteiger partial charge in [0.15, 0.2) is 10.9 Å². The first kappa shape index (κ1) is 13.4. The van der Waals surface area contributed by atoms with E-state index in [1.54, 1.807) is 0 Å². The summed E-state index contributed by atoms with van der Waals surface area (Å²) in [6, 6.07) is 2.39. The Morgan fingerprint density at radius 3 is 3.05 bits per heavy atom. The molecule has 0 saturated carbocycles. The number of aromatic nitrogens is 2. The maximum atomic E-state index is 13.5. The smallest absolute Gasteiger partial charge is 0.284 e. The second kappa shape index (κ2) is 5.08. The number of halogens is 1. The lowest BCUT2D eigenvalue weighted by atomic mass is 10.2. The van der Waals surface area contributed by atoms with E-state index in [0.717, 1.165) is 29.6 Å². The zero-order chi connectivity index (χ0) is 14.2. The van der Waals surface area contributed by atoms with Crippen LogP contribution in [0.3, 0.4) is 0 Å². The van der Waals surface area contributed by atoms with Gasteiger partial charge in [0.25, 0.3) is 10.0 Å². The lowest BCUT2D eigenvalue weighted by Gasteiger charge is -2.09. The van der Waals surface area contributed by atoms with Crippen molar-refractivity contribution in [1.82, 2.24) is 15.3 Å². The van der Waals surface area contributed by atoms with Crippen LogP contribution in [0.4, 0.5) is 9.52 Å². The van der Waals surface area contributed by atoms with Crippen LogP contribution in [0.25, 0.3) is 0 Å². The summed E-state index contributed by atoms with van der Waals surface area (Å²) in [6.45, 7) is 1.49. The normalized spacial score (nSPS) is 14.8. The standard InChI is InChI=1S/C11H11FN4O2S2/c12-7-2-1-4-14-10(7)20(17,18)16-11-15-8-3-5-13-6-9(8)19-11/h1-2,4,13H,3,5-6H2,(H,15,16). The van der Waals surface area contributed by atoms with Crippen LogP contribution < -0.4 is 10.0 Å². The Morgan fingerprint density at radius 2 is 2.30 bits per heavy atom. The average molecular weight is 314 g/mol. The highest BCUT2D eigenvalue weighted by molar-refractivity contribution is 7.92. The zero-order valence-corrected chi connectivity index (χ0v) is 11.9. The number of rotatable bonds is 3. The third kappa shape index (κ3) is 2.51. The lowest BCUT2D eigenvalue weighted by molar-refractivity contribution is 0.557. The van der Waals surface area contributed by atoms with Crippen LogP contribution in [-0.2, 0) is 23.0 Å². The highest BCUT2D eigenvalue weighted by Crippen LogP contribution is 2.27. The number of sulfonamides is 1. The van der Waals surface area contributed by atoms with Crippen molar-refractivity contribution in [3.8, 4) is 0 Å². The quantitative estimate of drug-likeness (QED) is 0.887. The van der Waals surface area contributed by atoms with Gasteiger partial charge in [0.2, 0.25) is 5.03 Å². The minimum Gasteiger partial charge on any atom is -0.311 e. The Labute approximate surface area is 119 Å². The SMILES string of the molecule is O=S(=O)(Nc1nc2c(s1)CNCC2)c1ncccc1F. The first-order chi connectivity index (χ1) is 9.56. The maximum Gasteiger partial charge on any atom is 0.284 e. The molecule has 9 heteroatoms. The molecule has 2 N–H and O–H groups in total. The molecular weight excluding hydrogens is 303 g/mol. The number of pyridine rings is 1. The van der Waals surface area contributed by atoms with Crippen LogP contribution >= 0.6 is 11.3 Å². The van der Waals surface area contributed by atoms with Crippen molar-refractivity contribution in [1.29, 1.82) is 0 Å². The van der Waals surface area contributed by atoms with Crippen LogP contribution in [0.2, 0.25) is 0 Å². The van der Waals surface area contributed by atoms with Gasteiger partial charge in [-0.25, -0.2) is 14.4 Å². The Morgan fingerprint density at radius 1 is 1.45 bits per heavy atom. The largest absolute Gasteiger partial charge is 0.311 e. The molecule has 0 aromatic carbocycles. The molecule has 0 atom stereocenters. The van der Waals surface area contributed by atoms with Crippen LogP contribution in [0.15, 0.2) is 23.4 Å². The second-order valence-electron chi connectivity index (χ2n) is 4.21. The van der Waals surface area contributed by atoms with E-state index in [2.05, 4.69) is 20.0 Å². The predicted molar refractivity (Wildman–Crippen MR) is 72.5 cm³/mol. The van der Waals surface area contributed by atoms with E-state index >= 15 is 0 Å². The number of hydrogen-bond donors (Lipinski definition) is 2. The molecule has 1 aliphatic rings. The van der Waals surface area contributed by atoms with Crippen molar-refractivity contribution in [2.75, 3.05) is 11.3 Å². The van der Waals surface area contributed by atoms with Gasteiger partial charge < -0.3 is 5.32 Å². The highest BCUT2D eigenvalue weighted by atomic mass is 32.2. The van der Waals surface area contributed by atoms with E-state index in [-0.39, 0.29) is 5.13 Å². The molecule has 20 heavy (non-hydrogen) atoms. The first-order valence-corrected chi connectivity index (χ1v) is 8.19. The van der Waals surface area contributed by atoms with Gasteiger partial charge in [0.1, 0.15) is 0 Å². The zero-order valence-electron chi connectivity index (χ0n) is 10.3. The summed E-state index contributed by atoms with van der Waals surface area (Å²) >= 11 is 1.25. The van der Waals surface area contributed by atoms with Crippen LogP contribution in [-0.4, -0.2) is 24.9 Å². The summed E-state index contributed by atoms with van der Waals surface area (Å²) in [4.78, 5) is 8.79. The lowest BCUT2D eigenvalue weighted by Crippen LogP contribution is -2.22. The molecule has 0 aliphatic carbocycles. The van der Waals surface area contributed by atoms with Crippen molar-refractivity contribution >= 4 is 26.5 Å². The van der Waals surface area contributed by atoms with Crippen molar-refractivity contribution in [2.24, 2.45) is 0 Å². The second-order valence-corrected chi connectivity index (χ2v) is 6.89. The molecule has 6 nitrogen and oxygen atoms in total.